The van der Waals surface area contributed by atoms with Crippen molar-refractivity contribution < 1.29 is 30.8 Å². The predicted molar refractivity (Wildman–Crippen MR) is 125 cm³/mol. The minimum atomic E-state index is -5.57. The molecular weight excluding hydrogens is 528 g/mol. The van der Waals surface area contributed by atoms with Gasteiger partial charge >= 0.3 is 15.5 Å². The SMILES string of the molecule is CCc1nc2c(Cl)cccn2c1C(=O)NCc1ccc(N2CCN(S(=O)(=O)C(F)(F)F)C=N2)c(F)c1. The van der Waals surface area contributed by atoms with E-state index in [1.807, 2.05) is 6.92 Å². The molecule has 1 amide bonds. The number of hydrogen-bond acceptors (Lipinski definition) is 6. The van der Waals surface area contributed by atoms with Gasteiger partial charge in [0.05, 0.1) is 29.5 Å². The summed E-state index contributed by atoms with van der Waals surface area (Å²) < 4.78 is 77.4. The Bertz CT molecular complexity index is 1460. The topological polar surface area (TPSA) is 99.4 Å². The van der Waals surface area contributed by atoms with Crippen molar-refractivity contribution in [1.29, 1.82) is 0 Å². The second-order valence-electron chi connectivity index (χ2n) is 7.69. The molecule has 0 unspecified atom stereocenters. The molecule has 0 spiro atoms. The average molecular weight is 547 g/mol. The molecule has 3 aromatic rings. The van der Waals surface area contributed by atoms with Crippen molar-refractivity contribution in [2.75, 3.05) is 18.1 Å². The van der Waals surface area contributed by atoms with Crippen LogP contribution in [0.3, 0.4) is 0 Å². The maximum absolute atomic E-state index is 14.8. The first-order chi connectivity index (χ1) is 16.9. The number of alkyl halides is 3. The number of carbonyl (C=O) groups is 1. The van der Waals surface area contributed by atoms with Crippen LogP contribution in [0.1, 0.15) is 28.7 Å². The van der Waals surface area contributed by atoms with E-state index in [1.165, 1.54) is 12.1 Å². The Morgan fingerprint density at radius 1 is 1.22 bits per heavy atom. The number of hydrazone groups is 1. The Labute approximate surface area is 208 Å². The Morgan fingerprint density at radius 2 is 1.97 bits per heavy atom. The Morgan fingerprint density at radius 3 is 2.58 bits per heavy atom. The standard InChI is InChI=1S/C21H19ClF4N6O3S/c1-2-16-18(31-7-3-4-14(22)19(31)29-16)20(33)27-11-13-5-6-17(15(23)10-13)32-9-8-30(12-28-32)36(34,35)21(24,25)26/h3-7,10,12H,2,8-9,11H2,1H3,(H,27,33). The number of aryl methyl sites for hydroxylation is 1. The van der Waals surface area contributed by atoms with Crippen molar-refractivity contribution in [3.63, 3.8) is 0 Å². The fraction of sp³-hybridized carbons (Fsp3) is 0.286. The summed E-state index contributed by atoms with van der Waals surface area (Å²) in [5, 5.41) is 7.80. The molecule has 1 N–H and O–H groups in total. The molecule has 0 fully saturated rings. The number of sulfonamides is 1. The summed E-state index contributed by atoms with van der Waals surface area (Å²) in [7, 11) is -5.57. The van der Waals surface area contributed by atoms with E-state index >= 15 is 0 Å². The number of rotatable bonds is 6. The third-order valence-electron chi connectivity index (χ3n) is 5.42. The van der Waals surface area contributed by atoms with E-state index in [1.54, 1.807) is 22.7 Å². The summed E-state index contributed by atoms with van der Waals surface area (Å²) in [6, 6.07) is 7.35. The molecular formula is C21H19ClF4N6O3S. The highest BCUT2D eigenvalue weighted by atomic mass is 35.5. The maximum Gasteiger partial charge on any atom is 0.516 e. The van der Waals surface area contributed by atoms with Gasteiger partial charge in [0.1, 0.15) is 17.8 Å². The van der Waals surface area contributed by atoms with E-state index in [0.29, 0.717) is 40.4 Å². The van der Waals surface area contributed by atoms with E-state index in [0.717, 1.165) is 11.1 Å². The molecule has 0 saturated carbocycles. The highest BCUT2D eigenvalue weighted by Gasteiger charge is 2.50. The van der Waals surface area contributed by atoms with Crippen LogP contribution in [0.25, 0.3) is 5.65 Å². The fourth-order valence-electron chi connectivity index (χ4n) is 3.63. The largest absolute Gasteiger partial charge is 0.516 e. The number of aromatic nitrogens is 2. The zero-order chi connectivity index (χ0) is 26.3. The molecule has 0 radical (unpaired) electrons. The number of fused-ring (bicyclic) bond motifs is 1. The number of amides is 1. The Hall–Kier alpha value is -3.39. The van der Waals surface area contributed by atoms with Gasteiger partial charge in [0.2, 0.25) is 0 Å². The Balaban J connectivity index is 1.47. The summed E-state index contributed by atoms with van der Waals surface area (Å²) in [5.41, 5.74) is -3.81. The first kappa shape index (κ1) is 25.7. The molecule has 1 aliphatic rings. The third-order valence-corrected chi connectivity index (χ3v) is 7.20. The average Bonchev–Trinajstić information content (AvgIpc) is 3.22. The zero-order valence-electron chi connectivity index (χ0n) is 18.6. The van der Waals surface area contributed by atoms with Crippen molar-refractivity contribution in [2.45, 2.75) is 25.4 Å². The number of pyridine rings is 1. The van der Waals surface area contributed by atoms with Crippen molar-refractivity contribution in [2.24, 2.45) is 5.10 Å². The van der Waals surface area contributed by atoms with E-state index in [4.69, 9.17) is 11.6 Å². The van der Waals surface area contributed by atoms with Crippen LogP contribution in [-0.4, -0.2) is 53.0 Å². The quantitative estimate of drug-likeness (QED) is 0.477. The summed E-state index contributed by atoms with van der Waals surface area (Å²) in [6.45, 7) is 0.969. The van der Waals surface area contributed by atoms with Crippen molar-refractivity contribution in [3.8, 4) is 0 Å². The van der Waals surface area contributed by atoms with Gasteiger partial charge in [0, 0.05) is 12.7 Å². The van der Waals surface area contributed by atoms with Gasteiger partial charge in [0.25, 0.3) is 5.91 Å². The second-order valence-corrected chi connectivity index (χ2v) is 9.98. The van der Waals surface area contributed by atoms with Gasteiger partial charge in [-0.2, -0.15) is 26.7 Å². The van der Waals surface area contributed by atoms with Gasteiger partial charge in [-0.05, 0) is 36.2 Å². The number of anilines is 1. The first-order valence-corrected chi connectivity index (χ1v) is 12.4. The zero-order valence-corrected chi connectivity index (χ0v) is 20.2. The summed E-state index contributed by atoms with van der Waals surface area (Å²) in [6.07, 6.45) is 2.65. The van der Waals surface area contributed by atoms with Crippen molar-refractivity contribution in [1.82, 2.24) is 19.0 Å². The van der Waals surface area contributed by atoms with Gasteiger partial charge in [-0.3, -0.25) is 14.2 Å². The van der Waals surface area contributed by atoms with Crippen LogP contribution in [0, 0.1) is 5.82 Å². The fourth-order valence-corrected chi connectivity index (χ4v) is 4.59. The van der Waals surface area contributed by atoms with Crippen molar-refractivity contribution >= 4 is 45.2 Å². The number of hydrogen-bond donors (Lipinski definition) is 1. The van der Waals surface area contributed by atoms with Crippen LogP contribution in [0.4, 0.5) is 23.2 Å². The van der Waals surface area contributed by atoms with Crippen molar-refractivity contribution in [3.05, 3.63) is 64.3 Å². The van der Waals surface area contributed by atoms with Gasteiger partial charge in [-0.25, -0.2) is 13.7 Å². The molecule has 4 rings (SSSR count). The molecule has 0 aliphatic carbocycles. The van der Waals surface area contributed by atoms with Crippen LogP contribution < -0.4 is 10.3 Å². The minimum absolute atomic E-state index is 0.0200. The molecule has 0 saturated heterocycles. The number of carbonyl (C=O) groups excluding carboxylic acids is 1. The molecule has 1 aliphatic heterocycles. The highest BCUT2D eigenvalue weighted by molar-refractivity contribution is 7.90. The molecule has 3 heterocycles. The van der Waals surface area contributed by atoms with E-state index in [9.17, 15) is 30.8 Å². The lowest BCUT2D eigenvalue weighted by Gasteiger charge is -2.29. The minimum Gasteiger partial charge on any atom is -0.347 e. The number of nitrogens with zero attached hydrogens (tertiary/aromatic N) is 5. The van der Waals surface area contributed by atoms with E-state index in [2.05, 4.69) is 15.4 Å². The summed E-state index contributed by atoms with van der Waals surface area (Å²) in [5.74, 6) is -1.18. The normalized spacial score (nSPS) is 14.5. The van der Waals surface area contributed by atoms with Crippen LogP contribution in [-0.2, 0) is 23.0 Å². The van der Waals surface area contributed by atoms with Gasteiger partial charge in [-0.1, -0.05) is 24.6 Å². The predicted octanol–water partition coefficient (Wildman–Crippen LogP) is 3.53. The number of benzene rings is 1. The lowest BCUT2D eigenvalue weighted by Crippen LogP contribution is -2.46. The van der Waals surface area contributed by atoms with Gasteiger partial charge in [-0.15, -0.1) is 0 Å². The molecule has 15 heteroatoms. The van der Waals surface area contributed by atoms with Crippen LogP contribution in [0.15, 0.2) is 41.6 Å². The molecule has 0 bridgehead atoms. The number of imidazole rings is 1. The lowest BCUT2D eigenvalue weighted by atomic mass is 10.1. The molecule has 0 atom stereocenters. The highest BCUT2D eigenvalue weighted by Crippen LogP contribution is 2.28. The number of nitrogens with one attached hydrogen (secondary N) is 1. The van der Waals surface area contributed by atoms with Crippen LogP contribution in [0.2, 0.25) is 5.02 Å². The molecule has 192 valence electrons. The summed E-state index contributed by atoms with van der Waals surface area (Å²) in [4.78, 5) is 17.3. The molecule has 2 aromatic heterocycles. The smallest absolute Gasteiger partial charge is 0.347 e. The summed E-state index contributed by atoms with van der Waals surface area (Å²) >= 11 is 6.17. The first-order valence-electron chi connectivity index (χ1n) is 10.6. The molecule has 1 aromatic carbocycles. The Kier molecular flexibility index (Phi) is 6.84. The van der Waals surface area contributed by atoms with Crippen LogP contribution in [0.5, 0.6) is 0 Å². The molecule has 36 heavy (non-hydrogen) atoms. The van der Waals surface area contributed by atoms with Gasteiger partial charge in [0.15, 0.2) is 5.65 Å². The lowest BCUT2D eigenvalue weighted by molar-refractivity contribution is -0.0471. The monoisotopic (exact) mass is 546 g/mol. The van der Waals surface area contributed by atoms with E-state index in [-0.39, 0.29) is 23.1 Å². The van der Waals surface area contributed by atoms with E-state index < -0.39 is 33.8 Å². The third kappa shape index (κ3) is 4.69. The van der Waals surface area contributed by atoms with Crippen LogP contribution >= 0.6 is 11.6 Å². The second kappa shape index (κ2) is 9.58. The van der Waals surface area contributed by atoms with Gasteiger partial charge < -0.3 is 5.32 Å². The maximum atomic E-state index is 14.8. The number of halogens is 5. The molecule has 9 nitrogen and oxygen atoms in total.